The number of nitrogens with zero attached hydrogens (tertiary/aromatic N) is 2. The Kier molecular flexibility index (Phi) is 14.4. The number of carbonyl (C=O) groups excluding carboxylic acids is 4. The van der Waals surface area contributed by atoms with Crippen LogP contribution in [0.3, 0.4) is 0 Å². The van der Waals surface area contributed by atoms with Crippen LogP contribution in [0.15, 0.2) is 115 Å². The van der Waals surface area contributed by atoms with Gasteiger partial charge in [-0.1, -0.05) is 78.9 Å². The first kappa shape index (κ1) is 43.8. The molecular formula is C44H51N5O9S. The number of carbonyl (C=O) groups is 4. The van der Waals surface area contributed by atoms with Crippen LogP contribution in [-0.2, 0) is 66.4 Å². The lowest BCUT2D eigenvalue weighted by Crippen LogP contribution is -2.55. The Hall–Kier alpha value is -6.35. The van der Waals surface area contributed by atoms with Gasteiger partial charge in [0.1, 0.15) is 23.4 Å². The van der Waals surface area contributed by atoms with Gasteiger partial charge in [0.05, 0.1) is 32.0 Å². The van der Waals surface area contributed by atoms with Crippen LogP contribution in [-0.4, -0.2) is 72.9 Å². The SMILES string of the molecule is COc1ccc(CN2C(O)=CN(c3ccc(C[C@H](NC(=O)[C@H](Cc4ccccc4)NC(C)=O)C(=O)NCCc4ccc(CC(=O)OC(C)(C)C)cc4)cc3)S2(=O)=O)cc1. The monoisotopic (exact) mass is 825 g/mol. The van der Waals surface area contributed by atoms with E-state index in [1.54, 1.807) is 48.5 Å². The predicted octanol–water partition coefficient (Wildman–Crippen LogP) is 4.64. The molecule has 3 amide bonds. The molecule has 0 bridgehead atoms. The van der Waals surface area contributed by atoms with E-state index >= 15 is 0 Å². The van der Waals surface area contributed by atoms with E-state index in [1.165, 1.54) is 14.0 Å². The highest BCUT2D eigenvalue weighted by Crippen LogP contribution is 2.31. The standard InChI is InChI=1S/C44H51N5O9S/c1-30(50)46-39(25-32-9-7-6-8-10-32)43(54)47-38(42(53)45-24-23-31-11-13-34(14-12-31)27-41(52)58-44(2,3)4)26-33-15-19-36(20-16-33)48-29-40(51)49(59(48,55)56)28-35-17-21-37(57-5)22-18-35/h6-22,29,38-39,51H,23-28H2,1-5H3,(H,45,53)(H,46,50)(H,47,54)/t38-,39-/m0/s1. The predicted molar refractivity (Wildman–Crippen MR) is 223 cm³/mol. The van der Waals surface area contributed by atoms with Gasteiger partial charge in [0.2, 0.25) is 23.6 Å². The number of methoxy groups -OCH3 is 1. The maximum absolute atomic E-state index is 13.8. The van der Waals surface area contributed by atoms with Gasteiger partial charge in [-0.2, -0.15) is 8.42 Å². The number of aliphatic hydroxyl groups excluding tert-OH is 1. The summed E-state index contributed by atoms with van der Waals surface area (Å²) < 4.78 is 39.5. The van der Waals surface area contributed by atoms with Gasteiger partial charge >= 0.3 is 16.2 Å². The fourth-order valence-corrected chi connectivity index (χ4v) is 7.77. The number of ether oxygens (including phenoxy) is 2. The normalized spacial score (nSPS) is 14.4. The van der Waals surface area contributed by atoms with Gasteiger partial charge < -0.3 is 30.5 Å². The molecule has 0 spiro atoms. The van der Waals surface area contributed by atoms with Gasteiger partial charge in [0, 0.05) is 26.3 Å². The number of nitrogens with one attached hydrogen (secondary N) is 3. The van der Waals surface area contributed by atoms with Crippen LogP contribution < -0.4 is 25.0 Å². The Balaban J connectivity index is 1.28. The highest BCUT2D eigenvalue weighted by Gasteiger charge is 2.38. The van der Waals surface area contributed by atoms with Crippen molar-refractivity contribution in [3.05, 3.63) is 143 Å². The molecule has 0 saturated heterocycles. The van der Waals surface area contributed by atoms with Gasteiger partial charge in [0.15, 0.2) is 0 Å². The van der Waals surface area contributed by atoms with Crippen LogP contribution in [0.25, 0.3) is 0 Å². The number of esters is 1. The molecule has 0 fully saturated rings. The lowest BCUT2D eigenvalue weighted by atomic mass is 10.0. The Bertz CT molecular complexity index is 2220. The summed E-state index contributed by atoms with van der Waals surface area (Å²) in [6.07, 6.45) is 1.95. The Morgan fingerprint density at radius 2 is 1.29 bits per heavy atom. The van der Waals surface area contributed by atoms with Crippen LogP contribution >= 0.6 is 0 Å². The summed E-state index contributed by atoms with van der Waals surface area (Å²) in [5.41, 5.74) is 3.44. The molecule has 0 saturated carbocycles. The number of rotatable bonds is 17. The van der Waals surface area contributed by atoms with Crippen molar-refractivity contribution < 1.29 is 42.2 Å². The average molecular weight is 826 g/mol. The molecule has 312 valence electrons. The van der Waals surface area contributed by atoms with Crippen molar-refractivity contribution in [2.75, 3.05) is 18.0 Å². The smallest absolute Gasteiger partial charge is 0.333 e. The zero-order valence-electron chi connectivity index (χ0n) is 33.8. The minimum atomic E-state index is -4.19. The Labute approximate surface area is 345 Å². The fourth-order valence-electron chi connectivity index (χ4n) is 6.35. The van der Waals surface area contributed by atoms with Crippen molar-refractivity contribution >= 4 is 39.6 Å². The van der Waals surface area contributed by atoms with Gasteiger partial charge in [-0.25, -0.2) is 8.61 Å². The summed E-state index contributed by atoms with van der Waals surface area (Å²) >= 11 is 0. The number of amides is 3. The second-order valence-corrected chi connectivity index (χ2v) is 16.9. The summed E-state index contributed by atoms with van der Waals surface area (Å²) in [5, 5.41) is 19.1. The van der Waals surface area contributed by atoms with Crippen LogP contribution in [0.1, 0.15) is 55.5 Å². The van der Waals surface area contributed by atoms with E-state index in [0.717, 1.165) is 31.5 Å². The third-order valence-corrected chi connectivity index (χ3v) is 10.9. The summed E-state index contributed by atoms with van der Waals surface area (Å²) in [6, 6.07) is 27.8. The third-order valence-electron chi connectivity index (χ3n) is 9.25. The van der Waals surface area contributed by atoms with Gasteiger partial charge in [-0.3, -0.25) is 19.2 Å². The fraction of sp³-hybridized carbons (Fsp3) is 0.318. The molecule has 0 radical (unpaired) electrons. The largest absolute Gasteiger partial charge is 0.497 e. The Morgan fingerprint density at radius 1 is 0.729 bits per heavy atom. The molecule has 1 aliphatic rings. The second kappa shape index (κ2) is 19.4. The zero-order chi connectivity index (χ0) is 42.7. The molecule has 1 aliphatic heterocycles. The van der Waals surface area contributed by atoms with Crippen LogP contribution in [0, 0.1) is 0 Å². The van der Waals surface area contributed by atoms with E-state index < -0.39 is 51.5 Å². The topological polar surface area (TPSA) is 184 Å². The zero-order valence-corrected chi connectivity index (χ0v) is 34.6. The number of aliphatic hydroxyl groups is 1. The summed E-state index contributed by atoms with van der Waals surface area (Å²) in [5.74, 6) is -1.59. The minimum absolute atomic E-state index is 0.0345. The molecule has 2 atom stereocenters. The number of benzene rings is 4. The van der Waals surface area contributed by atoms with Crippen molar-refractivity contribution in [1.29, 1.82) is 0 Å². The number of hydrogen-bond acceptors (Lipinski definition) is 9. The molecule has 0 aliphatic carbocycles. The van der Waals surface area contributed by atoms with E-state index in [-0.39, 0.29) is 44.0 Å². The molecule has 4 N–H and O–H groups in total. The number of hydrogen-bond donors (Lipinski definition) is 4. The second-order valence-electron chi connectivity index (χ2n) is 15.1. The van der Waals surface area contributed by atoms with Gasteiger partial charge in [-0.05, 0) is 79.3 Å². The quantitative estimate of drug-likeness (QED) is 0.110. The van der Waals surface area contributed by atoms with Crippen molar-refractivity contribution in [3.63, 3.8) is 0 Å². The molecule has 4 aromatic carbocycles. The van der Waals surface area contributed by atoms with E-state index in [2.05, 4.69) is 16.0 Å². The van der Waals surface area contributed by atoms with E-state index in [9.17, 15) is 32.7 Å². The highest BCUT2D eigenvalue weighted by molar-refractivity contribution is 7.91. The van der Waals surface area contributed by atoms with E-state index in [1.807, 2.05) is 75.4 Å². The van der Waals surface area contributed by atoms with Crippen LogP contribution in [0.2, 0.25) is 0 Å². The van der Waals surface area contributed by atoms with E-state index in [0.29, 0.717) is 23.3 Å². The van der Waals surface area contributed by atoms with Crippen molar-refractivity contribution in [3.8, 4) is 5.75 Å². The summed E-state index contributed by atoms with van der Waals surface area (Å²) in [4.78, 5) is 51.9. The first-order chi connectivity index (χ1) is 28.0. The van der Waals surface area contributed by atoms with Crippen LogP contribution in [0.4, 0.5) is 5.69 Å². The molecule has 4 aromatic rings. The maximum Gasteiger partial charge on any atom is 0.333 e. The van der Waals surface area contributed by atoms with E-state index in [4.69, 9.17) is 9.47 Å². The first-order valence-corrected chi connectivity index (χ1v) is 20.5. The van der Waals surface area contributed by atoms with Crippen molar-refractivity contribution in [1.82, 2.24) is 20.3 Å². The van der Waals surface area contributed by atoms with Crippen molar-refractivity contribution in [2.24, 2.45) is 0 Å². The molecule has 59 heavy (non-hydrogen) atoms. The van der Waals surface area contributed by atoms with Gasteiger partial charge in [-0.15, -0.1) is 0 Å². The molecule has 1 heterocycles. The molecular weight excluding hydrogens is 775 g/mol. The lowest BCUT2D eigenvalue weighted by Gasteiger charge is -2.24. The minimum Gasteiger partial charge on any atom is -0.497 e. The summed E-state index contributed by atoms with van der Waals surface area (Å²) in [6.45, 7) is 6.89. The molecule has 14 nitrogen and oxygen atoms in total. The summed E-state index contributed by atoms with van der Waals surface area (Å²) in [7, 11) is -2.66. The molecule has 0 unspecified atom stereocenters. The van der Waals surface area contributed by atoms with Crippen molar-refractivity contribution in [2.45, 2.75) is 77.6 Å². The average Bonchev–Trinajstić information content (AvgIpc) is 3.41. The van der Waals surface area contributed by atoms with Crippen LogP contribution in [0.5, 0.6) is 5.75 Å². The maximum atomic E-state index is 13.8. The molecule has 15 heteroatoms. The Morgan fingerprint density at radius 3 is 1.88 bits per heavy atom. The van der Waals surface area contributed by atoms with Gasteiger partial charge in [0.25, 0.3) is 0 Å². The third kappa shape index (κ3) is 12.6. The highest BCUT2D eigenvalue weighted by atomic mass is 32.2. The lowest BCUT2D eigenvalue weighted by molar-refractivity contribution is -0.154. The molecule has 5 rings (SSSR count). The first-order valence-electron chi connectivity index (χ1n) is 19.1. The number of anilines is 1. The molecule has 0 aromatic heterocycles.